The maximum absolute atomic E-state index is 12.0. The summed E-state index contributed by atoms with van der Waals surface area (Å²) in [4.78, 5) is 0. The lowest BCUT2D eigenvalue weighted by Crippen LogP contribution is -2.63. The van der Waals surface area contributed by atoms with Gasteiger partial charge in [0.05, 0.1) is 6.10 Å². The molecule has 1 heterocycles. The standard InChI is InChI=1S/C12H24O3SSi/c1-17(2,3)10-11-12(16(13,14)15-11)8-6-4-5-7-9-12/h11H,4-10H2,1-3H3. The molecule has 2 aliphatic rings. The van der Waals surface area contributed by atoms with Crippen molar-refractivity contribution in [2.45, 2.75) is 75.1 Å². The molecule has 17 heavy (non-hydrogen) atoms. The Morgan fingerprint density at radius 1 is 1.12 bits per heavy atom. The lowest BCUT2D eigenvalue weighted by Gasteiger charge is -2.49. The van der Waals surface area contributed by atoms with Gasteiger partial charge in [0.25, 0.3) is 10.1 Å². The topological polar surface area (TPSA) is 43.4 Å². The van der Waals surface area contributed by atoms with Crippen molar-refractivity contribution in [3.8, 4) is 0 Å². The summed E-state index contributed by atoms with van der Waals surface area (Å²) in [6.45, 7) is 6.85. The highest BCUT2D eigenvalue weighted by molar-refractivity contribution is 7.89. The summed E-state index contributed by atoms with van der Waals surface area (Å²) in [7, 11) is -4.54. The van der Waals surface area contributed by atoms with E-state index in [9.17, 15) is 8.42 Å². The summed E-state index contributed by atoms with van der Waals surface area (Å²) in [5.74, 6) is 0. The fourth-order valence-corrected chi connectivity index (χ4v) is 6.83. The van der Waals surface area contributed by atoms with Crippen LogP contribution in [0.2, 0.25) is 25.7 Å². The van der Waals surface area contributed by atoms with Gasteiger partial charge in [0.1, 0.15) is 4.75 Å². The second kappa shape index (κ2) is 4.35. The Hall–Kier alpha value is 0.127. The van der Waals surface area contributed by atoms with Crippen LogP contribution < -0.4 is 0 Å². The van der Waals surface area contributed by atoms with Gasteiger partial charge in [-0.1, -0.05) is 45.3 Å². The summed E-state index contributed by atoms with van der Waals surface area (Å²) in [6, 6.07) is 0.978. The molecule has 5 heteroatoms. The van der Waals surface area contributed by atoms with E-state index < -0.39 is 22.9 Å². The van der Waals surface area contributed by atoms with Gasteiger partial charge in [-0.25, -0.2) is 0 Å². The third-order valence-corrected chi connectivity index (χ3v) is 7.82. The summed E-state index contributed by atoms with van der Waals surface area (Å²) in [6.07, 6.45) is 6.08. The first kappa shape index (κ1) is 13.6. The Balaban J connectivity index is 2.19. The van der Waals surface area contributed by atoms with Crippen LogP contribution in [0.4, 0.5) is 0 Å². The Labute approximate surface area is 106 Å². The number of hydrogen-bond donors (Lipinski definition) is 0. The van der Waals surface area contributed by atoms with Crippen molar-refractivity contribution >= 4 is 18.2 Å². The average Bonchev–Trinajstić information content (AvgIpc) is 2.41. The molecule has 1 unspecified atom stereocenters. The van der Waals surface area contributed by atoms with Gasteiger partial charge in [0.15, 0.2) is 0 Å². The molecular formula is C12H24O3SSi. The molecule has 3 nitrogen and oxygen atoms in total. The molecule has 1 spiro atoms. The zero-order valence-corrected chi connectivity index (χ0v) is 13.0. The fraction of sp³-hybridized carbons (Fsp3) is 1.00. The van der Waals surface area contributed by atoms with E-state index in [1.807, 2.05) is 0 Å². The SMILES string of the molecule is C[Si](C)(C)CC1OS(=O)(=O)C12CCCCCC2. The first-order valence-corrected chi connectivity index (χ1v) is 11.8. The molecule has 1 aliphatic heterocycles. The lowest BCUT2D eigenvalue weighted by atomic mass is 9.93. The van der Waals surface area contributed by atoms with Gasteiger partial charge >= 0.3 is 0 Å². The predicted molar refractivity (Wildman–Crippen MR) is 72.4 cm³/mol. The van der Waals surface area contributed by atoms with E-state index in [0.717, 1.165) is 31.7 Å². The van der Waals surface area contributed by atoms with Crippen molar-refractivity contribution in [3.05, 3.63) is 0 Å². The van der Waals surface area contributed by atoms with Crippen LogP contribution in [0.15, 0.2) is 0 Å². The maximum atomic E-state index is 12.0. The fourth-order valence-electron chi connectivity index (χ4n) is 3.13. The number of rotatable bonds is 2. The molecule has 0 aromatic rings. The highest BCUT2D eigenvalue weighted by Gasteiger charge is 2.61. The van der Waals surface area contributed by atoms with Crippen LogP contribution >= 0.6 is 0 Å². The van der Waals surface area contributed by atoms with Crippen LogP contribution in [0.25, 0.3) is 0 Å². The number of hydrogen-bond acceptors (Lipinski definition) is 3. The van der Waals surface area contributed by atoms with E-state index in [1.165, 1.54) is 12.8 Å². The van der Waals surface area contributed by atoms with Gasteiger partial charge in [-0.05, 0) is 18.9 Å². The van der Waals surface area contributed by atoms with Gasteiger partial charge in [0.2, 0.25) is 0 Å². The van der Waals surface area contributed by atoms with Crippen molar-refractivity contribution in [3.63, 3.8) is 0 Å². The zero-order valence-electron chi connectivity index (χ0n) is 11.2. The summed E-state index contributed by atoms with van der Waals surface area (Å²) >= 11 is 0. The molecule has 1 saturated carbocycles. The van der Waals surface area contributed by atoms with Crippen molar-refractivity contribution < 1.29 is 12.6 Å². The van der Waals surface area contributed by atoms with Crippen molar-refractivity contribution in [1.82, 2.24) is 0 Å². The Morgan fingerprint density at radius 3 is 2.06 bits per heavy atom. The molecular weight excluding hydrogens is 252 g/mol. The minimum atomic E-state index is -3.27. The van der Waals surface area contributed by atoms with Gasteiger partial charge < -0.3 is 0 Å². The Morgan fingerprint density at radius 2 is 1.65 bits per heavy atom. The molecule has 2 fully saturated rings. The van der Waals surface area contributed by atoms with Crippen LogP contribution in [-0.2, 0) is 14.3 Å². The van der Waals surface area contributed by atoms with Gasteiger partial charge in [-0.3, -0.25) is 4.18 Å². The molecule has 1 aliphatic carbocycles. The highest BCUT2D eigenvalue weighted by atomic mass is 32.2. The zero-order chi connectivity index (χ0) is 12.7. The van der Waals surface area contributed by atoms with E-state index in [-0.39, 0.29) is 6.10 Å². The first-order chi connectivity index (χ1) is 7.77. The summed E-state index contributed by atoms with van der Waals surface area (Å²) in [5.41, 5.74) is 0. The third kappa shape index (κ3) is 2.47. The lowest BCUT2D eigenvalue weighted by molar-refractivity contribution is 0.0842. The second-order valence-corrected chi connectivity index (χ2v) is 14.2. The van der Waals surface area contributed by atoms with Crippen LogP contribution in [-0.4, -0.2) is 27.3 Å². The third-order valence-electron chi connectivity index (χ3n) is 4.08. The Kier molecular flexibility index (Phi) is 3.47. The normalized spacial score (nSPS) is 31.8. The largest absolute Gasteiger partial charge is 0.276 e. The summed E-state index contributed by atoms with van der Waals surface area (Å²) in [5, 5.41) is 0. The summed E-state index contributed by atoms with van der Waals surface area (Å²) < 4.78 is 28.8. The van der Waals surface area contributed by atoms with E-state index in [2.05, 4.69) is 19.6 Å². The molecule has 0 N–H and O–H groups in total. The highest BCUT2D eigenvalue weighted by Crippen LogP contribution is 2.49. The quantitative estimate of drug-likeness (QED) is 0.575. The van der Waals surface area contributed by atoms with Crippen LogP contribution in [0, 0.1) is 0 Å². The van der Waals surface area contributed by atoms with E-state index in [0.29, 0.717) is 0 Å². The smallest absolute Gasteiger partial charge is 0.265 e. The van der Waals surface area contributed by atoms with Gasteiger partial charge in [-0.15, -0.1) is 0 Å². The van der Waals surface area contributed by atoms with Crippen LogP contribution in [0.1, 0.15) is 38.5 Å². The first-order valence-electron chi connectivity index (χ1n) is 6.70. The minimum Gasteiger partial charge on any atom is -0.265 e. The monoisotopic (exact) mass is 276 g/mol. The van der Waals surface area contributed by atoms with E-state index in [1.54, 1.807) is 0 Å². The van der Waals surface area contributed by atoms with Crippen molar-refractivity contribution in [2.24, 2.45) is 0 Å². The molecule has 1 saturated heterocycles. The molecule has 100 valence electrons. The average molecular weight is 276 g/mol. The molecule has 1 atom stereocenters. The Bertz CT molecular complexity index is 375. The molecule has 2 rings (SSSR count). The van der Waals surface area contributed by atoms with Crippen molar-refractivity contribution in [1.29, 1.82) is 0 Å². The predicted octanol–water partition coefficient (Wildman–Crippen LogP) is 3.15. The van der Waals surface area contributed by atoms with Gasteiger partial charge in [0, 0.05) is 8.07 Å². The second-order valence-electron chi connectivity index (χ2n) is 6.78. The maximum Gasteiger partial charge on any atom is 0.276 e. The van der Waals surface area contributed by atoms with Crippen LogP contribution in [0.5, 0.6) is 0 Å². The van der Waals surface area contributed by atoms with Gasteiger partial charge in [-0.2, -0.15) is 8.42 Å². The minimum absolute atomic E-state index is 0.0164. The van der Waals surface area contributed by atoms with Crippen molar-refractivity contribution in [2.75, 3.05) is 0 Å². The molecule has 0 aromatic carbocycles. The van der Waals surface area contributed by atoms with E-state index in [4.69, 9.17) is 4.18 Å². The molecule has 0 radical (unpaired) electrons. The van der Waals surface area contributed by atoms with E-state index >= 15 is 0 Å². The van der Waals surface area contributed by atoms with Crippen LogP contribution in [0.3, 0.4) is 0 Å². The molecule has 0 bridgehead atoms. The molecule has 0 amide bonds. The molecule has 0 aromatic heterocycles.